The summed E-state index contributed by atoms with van der Waals surface area (Å²) >= 11 is 0. The van der Waals surface area contributed by atoms with E-state index in [9.17, 15) is 13.2 Å². The molecule has 1 N–H and O–H groups in total. The number of pyridine rings is 1. The standard InChI is InChI=1S/C13H14F3N3O/c14-13(15,16)12-10(4-3-7-20)8-19(18-12)9-11-5-1-2-6-17-11/h1-2,5-6,8,20H,3-4,7,9H2. The van der Waals surface area contributed by atoms with E-state index in [-0.39, 0.29) is 31.6 Å². The van der Waals surface area contributed by atoms with Gasteiger partial charge in [0.05, 0.1) is 12.2 Å². The number of hydrogen-bond acceptors (Lipinski definition) is 3. The van der Waals surface area contributed by atoms with Crippen LogP contribution in [0.15, 0.2) is 30.6 Å². The van der Waals surface area contributed by atoms with Crippen LogP contribution in [0.2, 0.25) is 0 Å². The average molecular weight is 285 g/mol. The number of rotatable bonds is 5. The molecule has 4 nitrogen and oxygen atoms in total. The molecule has 2 aromatic rings. The number of alkyl halides is 3. The predicted molar refractivity (Wildman–Crippen MR) is 66.0 cm³/mol. The maximum atomic E-state index is 12.9. The summed E-state index contributed by atoms with van der Waals surface area (Å²) in [7, 11) is 0. The van der Waals surface area contributed by atoms with Gasteiger partial charge in [0.25, 0.3) is 0 Å². The van der Waals surface area contributed by atoms with Crippen molar-refractivity contribution in [3.8, 4) is 0 Å². The molecule has 0 unspecified atom stereocenters. The lowest BCUT2D eigenvalue weighted by molar-refractivity contribution is -0.142. The van der Waals surface area contributed by atoms with Crippen LogP contribution in [0.1, 0.15) is 23.4 Å². The molecule has 0 amide bonds. The van der Waals surface area contributed by atoms with Crippen LogP contribution in [0.5, 0.6) is 0 Å². The predicted octanol–water partition coefficient (Wildman–Crippen LogP) is 2.27. The first kappa shape index (κ1) is 14.5. The van der Waals surface area contributed by atoms with Gasteiger partial charge in [-0.15, -0.1) is 0 Å². The van der Waals surface area contributed by atoms with Crippen LogP contribution in [-0.2, 0) is 19.1 Å². The number of aryl methyl sites for hydroxylation is 1. The normalized spacial score (nSPS) is 11.8. The number of aliphatic hydroxyl groups excluding tert-OH is 1. The zero-order chi connectivity index (χ0) is 14.6. The molecule has 0 atom stereocenters. The van der Waals surface area contributed by atoms with E-state index in [0.29, 0.717) is 5.69 Å². The molecule has 0 aromatic carbocycles. The van der Waals surface area contributed by atoms with Gasteiger partial charge in [-0.3, -0.25) is 9.67 Å². The van der Waals surface area contributed by atoms with Crippen molar-refractivity contribution in [3.63, 3.8) is 0 Å². The van der Waals surface area contributed by atoms with Crippen molar-refractivity contribution in [2.75, 3.05) is 6.61 Å². The highest BCUT2D eigenvalue weighted by Gasteiger charge is 2.36. The zero-order valence-corrected chi connectivity index (χ0v) is 10.6. The van der Waals surface area contributed by atoms with Crippen molar-refractivity contribution in [2.45, 2.75) is 25.6 Å². The Hall–Kier alpha value is -1.89. The van der Waals surface area contributed by atoms with Crippen molar-refractivity contribution in [1.82, 2.24) is 14.8 Å². The molecule has 0 bridgehead atoms. The molecule has 20 heavy (non-hydrogen) atoms. The molecular weight excluding hydrogens is 271 g/mol. The van der Waals surface area contributed by atoms with Crippen LogP contribution >= 0.6 is 0 Å². The Bertz CT molecular complexity index is 552. The molecule has 7 heteroatoms. The quantitative estimate of drug-likeness (QED) is 0.917. The molecule has 2 rings (SSSR count). The van der Waals surface area contributed by atoms with Gasteiger partial charge in [0.2, 0.25) is 0 Å². The first-order valence-electron chi connectivity index (χ1n) is 6.15. The van der Waals surface area contributed by atoms with E-state index >= 15 is 0 Å². The topological polar surface area (TPSA) is 50.9 Å². The molecule has 2 heterocycles. The molecule has 0 saturated carbocycles. The maximum Gasteiger partial charge on any atom is 0.435 e. The first-order valence-corrected chi connectivity index (χ1v) is 6.15. The Labute approximate surface area is 113 Å². The Kier molecular flexibility index (Phi) is 4.39. The van der Waals surface area contributed by atoms with Gasteiger partial charge in [-0.25, -0.2) is 0 Å². The maximum absolute atomic E-state index is 12.9. The van der Waals surface area contributed by atoms with Gasteiger partial charge < -0.3 is 5.11 Å². The number of halogens is 3. The number of nitrogens with zero attached hydrogens (tertiary/aromatic N) is 3. The van der Waals surface area contributed by atoms with E-state index in [1.807, 2.05) is 0 Å². The van der Waals surface area contributed by atoms with Gasteiger partial charge >= 0.3 is 6.18 Å². The lowest BCUT2D eigenvalue weighted by atomic mass is 10.1. The summed E-state index contributed by atoms with van der Waals surface area (Å²) in [6.07, 6.45) is -1.12. The second-order valence-corrected chi connectivity index (χ2v) is 4.35. The average Bonchev–Trinajstić information content (AvgIpc) is 2.80. The van der Waals surface area contributed by atoms with Gasteiger partial charge in [0, 0.05) is 24.6 Å². The summed E-state index contributed by atoms with van der Waals surface area (Å²) in [5.74, 6) is 0. The van der Waals surface area contributed by atoms with Gasteiger partial charge in [-0.1, -0.05) is 6.07 Å². The van der Waals surface area contributed by atoms with Gasteiger partial charge in [0.15, 0.2) is 5.69 Å². The highest BCUT2D eigenvalue weighted by atomic mass is 19.4. The smallest absolute Gasteiger partial charge is 0.396 e. The molecule has 0 fully saturated rings. The van der Waals surface area contributed by atoms with Crippen molar-refractivity contribution in [1.29, 1.82) is 0 Å². The molecule has 0 spiro atoms. The summed E-state index contributed by atoms with van der Waals surface area (Å²) in [6.45, 7) is 0.0335. The van der Waals surface area contributed by atoms with E-state index in [1.165, 1.54) is 10.9 Å². The Morgan fingerprint density at radius 3 is 2.65 bits per heavy atom. The SMILES string of the molecule is OCCCc1cn(Cc2ccccn2)nc1C(F)(F)F. The molecule has 2 aromatic heterocycles. The second kappa shape index (κ2) is 6.04. The van der Waals surface area contributed by atoms with Crippen LogP contribution in [0.3, 0.4) is 0 Å². The van der Waals surface area contributed by atoms with Crippen LogP contribution in [0.25, 0.3) is 0 Å². The third kappa shape index (κ3) is 3.57. The van der Waals surface area contributed by atoms with Gasteiger partial charge in [-0.2, -0.15) is 18.3 Å². The largest absolute Gasteiger partial charge is 0.435 e. The lowest BCUT2D eigenvalue weighted by Crippen LogP contribution is -2.10. The summed E-state index contributed by atoms with van der Waals surface area (Å²) in [5, 5.41) is 12.3. The first-order chi connectivity index (χ1) is 9.50. The molecule has 0 saturated heterocycles. The Balaban J connectivity index is 2.24. The fraction of sp³-hybridized carbons (Fsp3) is 0.385. The van der Waals surface area contributed by atoms with Crippen molar-refractivity contribution in [2.24, 2.45) is 0 Å². The summed E-state index contributed by atoms with van der Waals surface area (Å²) in [5.41, 5.74) is -0.151. The Morgan fingerprint density at radius 2 is 2.05 bits per heavy atom. The van der Waals surface area contributed by atoms with Crippen molar-refractivity contribution >= 4 is 0 Å². The molecular formula is C13H14F3N3O. The van der Waals surface area contributed by atoms with E-state index in [1.54, 1.807) is 24.4 Å². The van der Waals surface area contributed by atoms with E-state index in [2.05, 4.69) is 10.1 Å². The highest BCUT2D eigenvalue weighted by Crippen LogP contribution is 2.31. The minimum absolute atomic E-state index is 0.0995. The highest BCUT2D eigenvalue weighted by molar-refractivity contribution is 5.21. The van der Waals surface area contributed by atoms with Crippen LogP contribution < -0.4 is 0 Å². The third-order valence-electron chi connectivity index (χ3n) is 2.76. The van der Waals surface area contributed by atoms with Crippen molar-refractivity contribution in [3.05, 3.63) is 47.5 Å². The van der Waals surface area contributed by atoms with Gasteiger partial charge in [0.1, 0.15) is 0 Å². The monoisotopic (exact) mass is 285 g/mol. The second-order valence-electron chi connectivity index (χ2n) is 4.35. The van der Waals surface area contributed by atoms with Crippen LogP contribution in [0.4, 0.5) is 13.2 Å². The third-order valence-corrected chi connectivity index (χ3v) is 2.76. The molecule has 0 aliphatic rings. The summed E-state index contributed by atoms with van der Waals surface area (Å²) in [4.78, 5) is 4.06. The molecule has 108 valence electrons. The number of aromatic nitrogens is 3. The fourth-order valence-corrected chi connectivity index (χ4v) is 1.89. The van der Waals surface area contributed by atoms with Crippen LogP contribution in [0, 0.1) is 0 Å². The van der Waals surface area contributed by atoms with Crippen LogP contribution in [-0.4, -0.2) is 26.5 Å². The number of aliphatic hydroxyl groups is 1. The zero-order valence-electron chi connectivity index (χ0n) is 10.6. The lowest BCUT2D eigenvalue weighted by Gasteiger charge is -2.04. The molecule has 0 radical (unpaired) electrons. The fourth-order valence-electron chi connectivity index (χ4n) is 1.89. The van der Waals surface area contributed by atoms with Crippen molar-refractivity contribution < 1.29 is 18.3 Å². The summed E-state index contributed by atoms with van der Waals surface area (Å²) < 4.78 is 39.9. The van der Waals surface area contributed by atoms with Gasteiger partial charge in [-0.05, 0) is 25.0 Å². The molecule has 0 aliphatic heterocycles. The molecule has 0 aliphatic carbocycles. The Morgan fingerprint density at radius 1 is 1.25 bits per heavy atom. The minimum atomic E-state index is -4.49. The van der Waals surface area contributed by atoms with E-state index in [4.69, 9.17) is 5.11 Å². The van der Waals surface area contributed by atoms with E-state index in [0.717, 1.165) is 0 Å². The summed E-state index contributed by atoms with van der Waals surface area (Å²) in [6, 6.07) is 5.23. The number of hydrogen-bond donors (Lipinski definition) is 1. The van der Waals surface area contributed by atoms with E-state index < -0.39 is 11.9 Å². The minimum Gasteiger partial charge on any atom is -0.396 e.